The second-order valence-electron chi connectivity index (χ2n) is 14.9. The molecule has 1 aromatic rings. The highest BCUT2D eigenvalue weighted by atomic mass is 79.9. The maximum atomic E-state index is 12.9. The Labute approximate surface area is 286 Å². The topological polar surface area (TPSA) is 96.3 Å². The Hall–Kier alpha value is -1.16. The Bertz CT molecular complexity index is 1150. The molecule has 11 atom stereocenters. The van der Waals surface area contributed by atoms with Crippen molar-refractivity contribution >= 4 is 43.9 Å². The van der Waals surface area contributed by atoms with Crippen LogP contribution < -0.4 is 0 Å². The number of carbonyl (C=O) groups excluding carboxylic acids is 2. The number of hydrogen-bond donors (Lipinski definition) is 2. The van der Waals surface area contributed by atoms with Crippen LogP contribution in [0.1, 0.15) is 84.1 Å². The van der Waals surface area contributed by atoms with Crippen LogP contribution in [0.15, 0.2) is 30.3 Å². The number of aliphatic hydroxyl groups excluding tert-OH is 2. The van der Waals surface area contributed by atoms with Crippen molar-refractivity contribution in [1.29, 1.82) is 0 Å². The fourth-order valence-corrected chi connectivity index (χ4v) is 11.2. The predicted octanol–water partition coefficient (Wildman–Crippen LogP) is 7.34. The molecular formula is C36H53Br2NO6. The summed E-state index contributed by atoms with van der Waals surface area (Å²) in [6.45, 7) is 8.39. The van der Waals surface area contributed by atoms with E-state index in [1.165, 1.54) is 0 Å². The van der Waals surface area contributed by atoms with Crippen molar-refractivity contribution in [1.82, 2.24) is 4.90 Å². The van der Waals surface area contributed by atoms with Gasteiger partial charge in [0, 0.05) is 30.2 Å². The third kappa shape index (κ3) is 7.17. The van der Waals surface area contributed by atoms with Crippen LogP contribution >= 0.6 is 31.9 Å². The molecule has 1 amide bonds. The number of fused-ring (bicyclic) bond motifs is 5. The first-order chi connectivity index (χ1) is 21.5. The van der Waals surface area contributed by atoms with Gasteiger partial charge in [-0.2, -0.15) is 0 Å². The van der Waals surface area contributed by atoms with E-state index in [-0.39, 0.29) is 58.6 Å². The first kappa shape index (κ1) is 35.2. The second-order valence-corrected chi connectivity index (χ2v) is 16.5. The maximum absolute atomic E-state index is 12.9. The molecular weight excluding hydrogens is 702 g/mol. The summed E-state index contributed by atoms with van der Waals surface area (Å²) in [5, 5.41) is 25.2. The Morgan fingerprint density at radius 3 is 2.40 bits per heavy atom. The number of alkyl halides is 2. The summed E-state index contributed by atoms with van der Waals surface area (Å²) < 4.78 is 11.6. The van der Waals surface area contributed by atoms with Gasteiger partial charge in [0.25, 0.3) is 0 Å². The van der Waals surface area contributed by atoms with E-state index < -0.39 is 12.2 Å². The quantitative estimate of drug-likeness (QED) is 0.181. The van der Waals surface area contributed by atoms with Crippen molar-refractivity contribution in [3.63, 3.8) is 0 Å². The third-order valence-corrected chi connectivity index (χ3v) is 13.5. The van der Waals surface area contributed by atoms with Crippen molar-refractivity contribution in [3.05, 3.63) is 35.9 Å². The number of benzene rings is 1. The monoisotopic (exact) mass is 753 g/mol. The van der Waals surface area contributed by atoms with Crippen LogP contribution in [-0.2, 0) is 20.9 Å². The molecule has 9 heteroatoms. The molecule has 0 aromatic heterocycles. The predicted molar refractivity (Wildman–Crippen MR) is 182 cm³/mol. The minimum Gasteiger partial charge on any atom is -0.461 e. The molecule has 5 rings (SSSR count). The number of rotatable bonds is 11. The molecule has 4 fully saturated rings. The van der Waals surface area contributed by atoms with E-state index in [2.05, 4.69) is 52.6 Å². The number of esters is 1. The van der Waals surface area contributed by atoms with Crippen LogP contribution in [0.25, 0.3) is 0 Å². The normalized spacial score (nSPS) is 37.9. The molecule has 7 nitrogen and oxygen atoms in total. The summed E-state index contributed by atoms with van der Waals surface area (Å²) >= 11 is 6.88. The largest absolute Gasteiger partial charge is 0.461 e. The molecule has 45 heavy (non-hydrogen) atoms. The van der Waals surface area contributed by atoms with Crippen LogP contribution in [0.3, 0.4) is 0 Å². The molecule has 0 heterocycles. The minimum absolute atomic E-state index is 0.00668. The fraction of sp³-hybridized carbons (Fsp3) is 0.778. The zero-order valence-corrected chi connectivity index (χ0v) is 30.4. The summed E-state index contributed by atoms with van der Waals surface area (Å²) in [6, 6.07) is 9.76. The smallest absolute Gasteiger partial charge is 0.410 e. The van der Waals surface area contributed by atoms with E-state index in [0.29, 0.717) is 49.1 Å². The lowest BCUT2D eigenvalue weighted by Crippen LogP contribution is -2.62. The second kappa shape index (κ2) is 14.9. The first-order valence-electron chi connectivity index (χ1n) is 17.2. The molecule has 0 bridgehead atoms. The average molecular weight is 756 g/mol. The Morgan fingerprint density at radius 1 is 1.00 bits per heavy atom. The number of hydrogen-bond acceptors (Lipinski definition) is 6. The number of carbonyl (C=O) groups is 2. The van der Waals surface area contributed by atoms with Crippen LogP contribution in [0.5, 0.6) is 0 Å². The number of nitrogens with zero attached hydrogens (tertiary/aromatic N) is 1. The first-order valence-corrected chi connectivity index (χ1v) is 19.4. The molecule has 1 aromatic carbocycles. The van der Waals surface area contributed by atoms with Gasteiger partial charge in [-0.15, -0.1) is 0 Å². The van der Waals surface area contributed by atoms with Crippen LogP contribution in [0.4, 0.5) is 4.79 Å². The van der Waals surface area contributed by atoms with Crippen molar-refractivity contribution in [2.75, 3.05) is 23.7 Å². The zero-order valence-electron chi connectivity index (χ0n) is 27.2. The number of ether oxygens (including phenoxy) is 2. The highest BCUT2D eigenvalue weighted by Gasteiger charge is 2.65. The lowest BCUT2D eigenvalue weighted by molar-refractivity contribution is -0.207. The van der Waals surface area contributed by atoms with E-state index >= 15 is 0 Å². The number of aliphatic hydroxyl groups is 2. The molecule has 0 aliphatic heterocycles. The lowest BCUT2D eigenvalue weighted by atomic mass is 9.43. The average Bonchev–Trinajstić information content (AvgIpc) is 3.38. The maximum Gasteiger partial charge on any atom is 0.410 e. The molecule has 4 saturated carbocycles. The van der Waals surface area contributed by atoms with Gasteiger partial charge >= 0.3 is 12.1 Å². The van der Waals surface area contributed by atoms with Crippen molar-refractivity contribution in [3.8, 4) is 0 Å². The van der Waals surface area contributed by atoms with Gasteiger partial charge in [-0.1, -0.05) is 83.0 Å². The van der Waals surface area contributed by atoms with Gasteiger partial charge in [-0.25, -0.2) is 4.79 Å². The molecule has 2 N–H and O–H groups in total. The van der Waals surface area contributed by atoms with E-state index in [9.17, 15) is 19.8 Å². The molecule has 252 valence electrons. The molecule has 0 unspecified atom stereocenters. The molecule has 0 spiro atoms. The van der Waals surface area contributed by atoms with E-state index in [4.69, 9.17) is 9.47 Å². The summed E-state index contributed by atoms with van der Waals surface area (Å²) in [5.74, 6) is 1.34. The molecule has 4 aliphatic carbocycles. The van der Waals surface area contributed by atoms with E-state index in [0.717, 1.165) is 50.5 Å². The van der Waals surface area contributed by atoms with Gasteiger partial charge < -0.3 is 24.6 Å². The fourth-order valence-electron chi connectivity index (χ4n) is 10.3. The van der Waals surface area contributed by atoms with Crippen molar-refractivity contribution in [2.24, 2.45) is 46.3 Å². The zero-order chi connectivity index (χ0) is 32.4. The summed E-state index contributed by atoms with van der Waals surface area (Å²) in [5.41, 5.74) is 0.718. The summed E-state index contributed by atoms with van der Waals surface area (Å²) in [7, 11) is 0. The van der Waals surface area contributed by atoms with Crippen molar-refractivity contribution in [2.45, 2.75) is 103 Å². The summed E-state index contributed by atoms with van der Waals surface area (Å²) in [4.78, 5) is 27.3. The lowest BCUT2D eigenvalue weighted by Gasteiger charge is -2.63. The van der Waals surface area contributed by atoms with Crippen LogP contribution in [-0.4, -0.2) is 69.2 Å². The van der Waals surface area contributed by atoms with Gasteiger partial charge in [0.05, 0.1) is 12.2 Å². The highest BCUT2D eigenvalue weighted by molar-refractivity contribution is 9.09. The Balaban J connectivity index is 1.21. The molecule has 0 saturated heterocycles. The van der Waals surface area contributed by atoms with Crippen LogP contribution in [0.2, 0.25) is 0 Å². The Kier molecular flexibility index (Phi) is 11.7. The van der Waals surface area contributed by atoms with Gasteiger partial charge in [0.1, 0.15) is 12.7 Å². The molecule has 0 radical (unpaired) electrons. The minimum atomic E-state index is -0.441. The SMILES string of the molecule is C[C@H](CCC(=O)OCc1ccccc1)[C@H]1CC[C@H]2[C@@H]3[C@H](O)C[C@@H]4C[C@H](OC(=O)N(CCBr)CCBr)CC[C@]4(C)[C@H]3C[C@H](O)[C@]12C. The van der Waals surface area contributed by atoms with Gasteiger partial charge in [0.2, 0.25) is 0 Å². The molecule has 4 aliphatic rings. The Morgan fingerprint density at radius 2 is 1.71 bits per heavy atom. The number of amides is 1. The summed E-state index contributed by atoms with van der Waals surface area (Å²) in [6.07, 6.45) is 5.89. The van der Waals surface area contributed by atoms with E-state index in [1.807, 2.05) is 30.3 Å². The van der Waals surface area contributed by atoms with E-state index in [1.54, 1.807) is 4.90 Å². The standard InChI is InChI=1S/C36H53Br2NO6/c1-23(9-12-32(42)44-22-24-7-5-4-6-8-24)27-10-11-28-33-29(21-31(41)36(27,28)3)35(2)14-13-26(19-25(35)20-30(33)40)45-34(43)39(17-15-37)18-16-38/h4-8,23,25-31,33,40-41H,9-22H2,1-3H3/t23-,25+,26-,27-,28+,29+,30-,31+,33+,35+,36-/m1/s1. The highest BCUT2D eigenvalue weighted by Crippen LogP contribution is 2.68. The third-order valence-electron chi connectivity index (χ3n) is 12.8. The van der Waals surface area contributed by atoms with Crippen molar-refractivity contribution < 1.29 is 29.3 Å². The van der Waals surface area contributed by atoms with Gasteiger partial charge in [0.15, 0.2) is 0 Å². The van der Waals surface area contributed by atoms with Gasteiger partial charge in [-0.3, -0.25) is 4.79 Å². The van der Waals surface area contributed by atoms with Crippen LogP contribution in [0, 0.1) is 46.3 Å². The van der Waals surface area contributed by atoms with Gasteiger partial charge in [-0.05, 0) is 103 Å². The number of halogens is 2.